The van der Waals surface area contributed by atoms with Crippen molar-refractivity contribution in [2.45, 2.75) is 37.3 Å². The maximum atomic E-state index is 5.56. The van der Waals surface area contributed by atoms with Crippen LogP contribution in [0, 0.1) is 0 Å². The predicted molar refractivity (Wildman–Crippen MR) is 68.9 cm³/mol. The highest BCUT2D eigenvalue weighted by molar-refractivity contribution is 7.98. The van der Waals surface area contributed by atoms with E-state index in [1.807, 2.05) is 16.3 Å². The van der Waals surface area contributed by atoms with Gasteiger partial charge in [0.05, 0.1) is 12.3 Å². The highest BCUT2D eigenvalue weighted by Crippen LogP contribution is 2.20. The van der Waals surface area contributed by atoms with Crippen molar-refractivity contribution in [1.82, 2.24) is 29.5 Å². The van der Waals surface area contributed by atoms with Gasteiger partial charge in [-0.15, -0.1) is 10.2 Å². The van der Waals surface area contributed by atoms with Crippen LogP contribution in [0.5, 0.6) is 0 Å². The number of rotatable bonds is 5. The maximum Gasteiger partial charge on any atom is 0.191 e. The third-order valence-electron chi connectivity index (χ3n) is 2.57. The summed E-state index contributed by atoms with van der Waals surface area (Å²) in [5.41, 5.74) is 5.56. The Balaban J connectivity index is 2.07. The molecule has 0 aliphatic rings. The van der Waals surface area contributed by atoms with Crippen molar-refractivity contribution >= 4 is 11.8 Å². The lowest BCUT2D eigenvalue weighted by atomic mass is 10.4. The summed E-state index contributed by atoms with van der Waals surface area (Å²) in [4.78, 5) is 4.26. The first-order valence-electron chi connectivity index (χ1n) is 5.73. The van der Waals surface area contributed by atoms with Crippen LogP contribution < -0.4 is 5.73 Å². The van der Waals surface area contributed by atoms with Gasteiger partial charge in [-0.1, -0.05) is 11.8 Å². The van der Waals surface area contributed by atoms with Gasteiger partial charge >= 0.3 is 0 Å². The molecule has 0 atom stereocenters. The number of hydrogen-bond donors (Lipinski definition) is 1. The molecule has 2 N–H and O–H groups in total. The number of nitrogens with two attached hydrogens (primary N) is 1. The van der Waals surface area contributed by atoms with Crippen LogP contribution in [0.25, 0.3) is 0 Å². The zero-order valence-electron chi connectivity index (χ0n) is 10.7. The Labute approximate surface area is 110 Å². The molecule has 0 fully saturated rings. The van der Waals surface area contributed by atoms with E-state index in [0.717, 1.165) is 16.8 Å². The molecule has 2 aromatic rings. The second-order valence-corrected chi connectivity index (χ2v) is 5.11. The van der Waals surface area contributed by atoms with Crippen molar-refractivity contribution in [1.29, 1.82) is 0 Å². The van der Waals surface area contributed by atoms with Gasteiger partial charge in [0, 0.05) is 13.1 Å². The SMILES string of the molecule is CC(C)n1ncnc1CSc1nnc(CN)n1C. The minimum atomic E-state index is 0.308. The summed E-state index contributed by atoms with van der Waals surface area (Å²) in [5.74, 6) is 2.43. The van der Waals surface area contributed by atoms with E-state index in [0.29, 0.717) is 18.3 Å². The fourth-order valence-electron chi connectivity index (χ4n) is 1.59. The van der Waals surface area contributed by atoms with E-state index in [9.17, 15) is 0 Å². The van der Waals surface area contributed by atoms with Gasteiger partial charge in [0.25, 0.3) is 0 Å². The fraction of sp³-hybridized carbons (Fsp3) is 0.600. The van der Waals surface area contributed by atoms with Crippen LogP contribution in [0.4, 0.5) is 0 Å². The van der Waals surface area contributed by atoms with Gasteiger partial charge in [-0.05, 0) is 13.8 Å². The van der Waals surface area contributed by atoms with Gasteiger partial charge in [-0.25, -0.2) is 9.67 Å². The largest absolute Gasteiger partial charge is 0.324 e. The van der Waals surface area contributed by atoms with E-state index in [4.69, 9.17) is 5.73 Å². The quantitative estimate of drug-likeness (QED) is 0.804. The first-order valence-corrected chi connectivity index (χ1v) is 6.71. The van der Waals surface area contributed by atoms with Crippen LogP contribution in [0.3, 0.4) is 0 Å². The molecule has 0 aliphatic heterocycles. The molecule has 0 aromatic carbocycles. The van der Waals surface area contributed by atoms with Gasteiger partial charge in [0.1, 0.15) is 18.0 Å². The van der Waals surface area contributed by atoms with Crippen LogP contribution in [0.2, 0.25) is 0 Å². The van der Waals surface area contributed by atoms with Crippen molar-refractivity contribution in [3.63, 3.8) is 0 Å². The van der Waals surface area contributed by atoms with Crippen molar-refractivity contribution in [3.8, 4) is 0 Å². The molecule has 7 nitrogen and oxygen atoms in total. The normalized spacial score (nSPS) is 11.4. The predicted octanol–water partition coefficient (Wildman–Crippen LogP) is 0.738. The van der Waals surface area contributed by atoms with Gasteiger partial charge in [-0.2, -0.15) is 5.10 Å². The van der Waals surface area contributed by atoms with Gasteiger partial charge in [0.15, 0.2) is 5.16 Å². The maximum absolute atomic E-state index is 5.56. The van der Waals surface area contributed by atoms with E-state index in [2.05, 4.69) is 34.1 Å². The Hall–Kier alpha value is -1.41. The summed E-state index contributed by atoms with van der Waals surface area (Å²) in [6, 6.07) is 0.308. The third kappa shape index (κ3) is 2.54. The van der Waals surface area contributed by atoms with E-state index in [-0.39, 0.29) is 0 Å². The average Bonchev–Trinajstić information content (AvgIpc) is 2.93. The highest BCUT2D eigenvalue weighted by Gasteiger charge is 2.11. The Morgan fingerprint density at radius 3 is 2.72 bits per heavy atom. The molecule has 0 amide bonds. The molecule has 0 saturated carbocycles. The zero-order chi connectivity index (χ0) is 13.1. The Bertz CT molecular complexity index is 516. The molecule has 0 radical (unpaired) electrons. The standard InChI is InChI=1S/C10H17N7S/c1-7(2)17-9(12-6-13-17)5-18-10-15-14-8(4-11)16(10)3/h6-7H,4-5,11H2,1-3H3. The molecular weight excluding hydrogens is 250 g/mol. The number of aromatic nitrogens is 6. The molecule has 0 bridgehead atoms. The van der Waals surface area contributed by atoms with Crippen LogP contribution in [0.1, 0.15) is 31.5 Å². The summed E-state index contributed by atoms with van der Waals surface area (Å²) in [7, 11) is 1.91. The molecule has 0 spiro atoms. The van der Waals surface area contributed by atoms with E-state index < -0.39 is 0 Å². The molecule has 2 heterocycles. The number of hydrogen-bond acceptors (Lipinski definition) is 6. The lowest BCUT2D eigenvalue weighted by Gasteiger charge is -2.08. The fourth-order valence-corrected chi connectivity index (χ4v) is 2.45. The van der Waals surface area contributed by atoms with Crippen LogP contribution in [-0.4, -0.2) is 29.5 Å². The first kappa shape index (κ1) is 13.0. The van der Waals surface area contributed by atoms with Crippen LogP contribution >= 0.6 is 11.8 Å². The smallest absolute Gasteiger partial charge is 0.191 e. The highest BCUT2D eigenvalue weighted by atomic mass is 32.2. The van der Waals surface area contributed by atoms with Crippen molar-refractivity contribution in [2.24, 2.45) is 12.8 Å². The molecule has 2 rings (SSSR count). The number of nitrogens with zero attached hydrogens (tertiary/aromatic N) is 6. The molecule has 8 heteroatoms. The third-order valence-corrected chi connectivity index (χ3v) is 3.59. The minimum Gasteiger partial charge on any atom is -0.324 e. The number of thioether (sulfide) groups is 1. The van der Waals surface area contributed by atoms with Crippen LogP contribution in [0.15, 0.2) is 11.5 Å². The summed E-state index contributed by atoms with van der Waals surface area (Å²) < 4.78 is 3.81. The van der Waals surface area contributed by atoms with Crippen molar-refractivity contribution < 1.29 is 0 Å². The summed E-state index contributed by atoms with van der Waals surface area (Å²) >= 11 is 1.58. The second-order valence-electron chi connectivity index (χ2n) is 4.17. The Morgan fingerprint density at radius 1 is 1.33 bits per heavy atom. The molecular formula is C10H17N7S. The van der Waals surface area contributed by atoms with Gasteiger partial charge < -0.3 is 10.3 Å². The van der Waals surface area contributed by atoms with Crippen LogP contribution in [-0.2, 0) is 19.3 Å². The first-order chi connectivity index (χ1) is 8.63. The van der Waals surface area contributed by atoms with Crippen molar-refractivity contribution in [3.05, 3.63) is 18.0 Å². The molecule has 98 valence electrons. The van der Waals surface area contributed by atoms with Gasteiger partial charge in [-0.3, -0.25) is 0 Å². The molecule has 0 unspecified atom stereocenters. The minimum absolute atomic E-state index is 0.308. The zero-order valence-corrected chi connectivity index (χ0v) is 11.6. The van der Waals surface area contributed by atoms with Gasteiger partial charge in [0.2, 0.25) is 0 Å². The summed E-state index contributed by atoms with van der Waals surface area (Å²) in [6.07, 6.45) is 1.58. The van der Waals surface area contributed by atoms with E-state index in [1.54, 1.807) is 18.1 Å². The summed E-state index contributed by atoms with van der Waals surface area (Å²) in [5, 5.41) is 13.2. The van der Waals surface area contributed by atoms with E-state index in [1.165, 1.54) is 0 Å². The monoisotopic (exact) mass is 267 g/mol. The summed E-state index contributed by atoms with van der Waals surface area (Å²) in [6.45, 7) is 4.56. The lowest BCUT2D eigenvalue weighted by Crippen LogP contribution is -2.08. The Morgan fingerprint density at radius 2 is 2.11 bits per heavy atom. The molecule has 0 saturated heterocycles. The second kappa shape index (κ2) is 5.49. The Kier molecular flexibility index (Phi) is 3.97. The van der Waals surface area contributed by atoms with E-state index >= 15 is 0 Å². The average molecular weight is 267 g/mol. The molecule has 0 aliphatic carbocycles. The molecule has 2 aromatic heterocycles. The molecule has 18 heavy (non-hydrogen) atoms. The topological polar surface area (TPSA) is 87.4 Å². The lowest BCUT2D eigenvalue weighted by molar-refractivity contribution is 0.514. The van der Waals surface area contributed by atoms with Crippen molar-refractivity contribution in [2.75, 3.05) is 0 Å².